The van der Waals surface area contributed by atoms with Gasteiger partial charge in [-0.3, -0.25) is 9.59 Å². The van der Waals surface area contributed by atoms with Crippen LogP contribution in [0.15, 0.2) is 109 Å². The predicted octanol–water partition coefficient (Wildman–Crippen LogP) is 3.20. The predicted molar refractivity (Wildman–Crippen MR) is 151 cm³/mol. The molecule has 0 aliphatic heterocycles. The van der Waals surface area contributed by atoms with Crippen LogP contribution in [0, 0.1) is 0 Å². The van der Waals surface area contributed by atoms with Gasteiger partial charge >= 0.3 is 0 Å². The summed E-state index contributed by atoms with van der Waals surface area (Å²) in [7, 11) is 0. The number of hydrogen-bond donors (Lipinski definition) is 6. The molecule has 0 aromatic heterocycles. The zero-order valence-electron chi connectivity index (χ0n) is 21.7. The maximum absolute atomic E-state index is 13.1. The number of hydrogen-bond acceptors (Lipinski definition) is 6. The van der Waals surface area contributed by atoms with Crippen molar-refractivity contribution in [2.24, 2.45) is 0 Å². The van der Waals surface area contributed by atoms with Crippen LogP contribution in [0.2, 0.25) is 0 Å². The van der Waals surface area contributed by atoms with Gasteiger partial charge in [-0.15, -0.1) is 0 Å². The zero-order chi connectivity index (χ0) is 28.5. The summed E-state index contributed by atoms with van der Waals surface area (Å²) in [6, 6.07) is 28.2. The molecular formula is C32H32N2O6. The summed E-state index contributed by atoms with van der Waals surface area (Å²) in [6.45, 7) is 0. The first-order valence-corrected chi connectivity index (χ1v) is 12.9. The largest absolute Gasteiger partial charge is 0.508 e. The Hall–Kier alpha value is -4.66. The molecule has 0 spiro atoms. The van der Waals surface area contributed by atoms with Crippen LogP contribution in [0.4, 0.5) is 0 Å². The highest BCUT2D eigenvalue weighted by atomic mass is 16.3. The van der Waals surface area contributed by atoms with Gasteiger partial charge in [0, 0.05) is 11.1 Å². The number of amides is 2. The van der Waals surface area contributed by atoms with Crippen molar-refractivity contribution in [1.82, 2.24) is 10.6 Å². The van der Waals surface area contributed by atoms with Gasteiger partial charge in [-0.05, 0) is 60.4 Å². The van der Waals surface area contributed by atoms with Crippen molar-refractivity contribution in [3.63, 3.8) is 0 Å². The van der Waals surface area contributed by atoms with Gasteiger partial charge in [-0.25, -0.2) is 0 Å². The average molecular weight is 541 g/mol. The lowest BCUT2D eigenvalue weighted by Gasteiger charge is -2.33. The van der Waals surface area contributed by atoms with Crippen LogP contribution < -0.4 is 10.6 Å². The smallest absolute Gasteiger partial charge is 0.251 e. The lowest BCUT2D eigenvalue weighted by Crippen LogP contribution is -2.57. The first-order chi connectivity index (χ1) is 19.3. The molecular weight excluding hydrogens is 508 g/mol. The number of nitrogens with one attached hydrogen (secondary N) is 2. The van der Waals surface area contributed by atoms with E-state index in [1.54, 1.807) is 0 Å². The molecule has 0 saturated carbocycles. The van der Waals surface area contributed by atoms with Crippen molar-refractivity contribution in [3.05, 3.63) is 131 Å². The Morgan fingerprint density at radius 2 is 0.925 bits per heavy atom. The second-order valence-corrected chi connectivity index (χ2v) is 9.62. The molecule has 0 unspecified atom stereocenters. The average Bonchev–Trinajstić information content (AvgIpc) is 2.96. The summed E-state index contributed by atoms with van der Waals surface area (Å²) in [5.74, 6) is -1.23. The van der Waals surface area contributed by atoms with Crippen molar-refractivity contribution in [2.75, 3.05) is 0 Å². The van der Waals surface area contributed by atoms with E-state index >= 15 is 0 Å². The molecule has 8 nitrogen and oxygen atoms in total. The van der Waals surface area contributed by atoms with E-state index in [4.69, 9.17) is 0 Å². The highest BCUT2D eigenvalue weighted by molar-refractivity contribution is 5.95. The number of aromatic hydroxyl groups is 2. The van der Waals surface area contributed by atoms with Crippen LogP contribution in [0.3, 0.4) is 0 Å². The van der Waals surface area contributed by atoms with Crippen LogP contribution in [0.5, 0.6) is 11.5 Å². The topological polar surface area (TPSA) is 139 Å². The van der Waals surface area contributed by atoms with Gasteiger partial charge in [0.15, 0.2) is 0 Å². The first-order valence-electron chi connectivity index (χ1n) is 12.9. The minimum atomic E-state index is -1.49. The summed E-state index contributed by atoms with van der Waals surface area (Å²) in [5.41, 5.74) is 2.02. The van der Waals surface area contributed by atoms with Crippen molar-refractivity contribution in [2.45, 2.75) is 37.1 Å². The van der Waals surface area contributed by atoms with Crippen LogP contribution in [-0.2, 0) is 12.8 Å². The third-order valence-corrected chi connectivity index (χ3v) is 6.62. The molecule has 8 heteroatoms. The highest BCUT2D eigenvalue weighted by Gasteiger charge is 2.34. The summed E-state index contributed by atoms with van der Waals surface area (Å²) < 4.78 is 0. The number of aliphatic hydroxyl groups is 2. The Morgan fingerprint density at radius 3 is 1.27 bits per heavy atom. The molecule has 0 aliphatic carbocycles. The Labute approximate surface area is 232 Å². The molecule has 0 radical (unpaired) electrons. The summed E-state index contributed by atoms with van der Waals surface area (Å²) >= 11 is 0. The number of benzene rings is 4. The minimum Gasteiger partial charge on any atom is -0.508 e. The van der Waals surface area contributed by atoms with E-state index in [0.29, 0.717) is 0 Å². The molecule has 6 N–H and O–H groups in total. The van der Waals surface area contributed by atoms with E-state index in [0.717, 1.165) is 11.1 Å². The van der Waals surface area contributed by atoms with E-state index in [-0.39, 0.29) is 35.5 Å². The quantitative estimate of drug-likeness (QED) is 0.173. The normalized spacial score (nSPS) is 13.9. The van der Waals surface area contributed by atoms with Crippen molar-refractivity contribution in [1.29, 1.82) is 0 Å². The van der Waals surface area contributed by atoms with E-state index in [1.807, 2.05) is 60.7 Å². The first kappa shape index (κ1) is 28.4. The molecule has 0 heterocycles. The molecule has 0 aliphatic rings. The number of phenolic OH excluding ortho intramolecular Hbond substituents is 2. The monoisotopic (exact) mass is 540 g/mol. The third-order valence-electron chi connectivity index (χ3n) is 6.62. The fourth-order valence-corrected chi connectivity index (χ4v) is 4.52. The number of carbonyl (C=O) groups excluding carboxylic acids is 2. The maximum Gasteiger partial charge on any atom is 0.251 e. The molecule has 0 bridgehead atoms. The van der Waals surface area contributed by atoms with Gasteiger partial charge in [-0.1, -0.05) is 72.8 Å². The molecule has 0 saturated heterocycles. The summed E-state index contributed by atoms with van der Waals surface area (Å²) in [6.07, 6.45) is -2.58. The highest BCUT2D eigenvalue weighted by Crippen LogP contribution is 2.18. The Bertz CT molecular complexity index is 1300. The fourth-order valence-electron chi connectivity index (χ4n) is 4.52. The van der Waals surface area contributed by atoms with E-state index in [9.17, 15) is 30.0 Å². The van der Waals surface area contributed by atoms with Crippen molar-refractivity contribution in [3.8, 4) is 11.5 Å². The summed E-state index contributed by atoms with van der Waals surface area (Å²) in [5, 5.41) is 48.1. The van der Waals surface area contributed by atoms with E-state index in [1.165, 1.54) is 48.5 Å². The van der Waals surface area contributed by atoms with E-state index in [2.05, 4.69) is 10.6 Å². The number of carbonyl (C=O) groups is 2. The second-order valence-electron chi connectivity index (χ2n) is 9.62. The SMILES string of the molecule is O=C(N[C@@H](Cc1ccccc1)[C@@H](O)[C@H](O)[C@H](Cc1ccccc1)NC(=O)c1cccc(O)c1)c1cccc(O)c1. The standard InChI is InChI=1S/C32H32N2O6/c35-25-15-7-13-23(19-25)31(39)33-27(17-21-9-3-1-4-10-21)29(37)30(38)28(18-22-11-5-2-6-12-22)34-32(40)24-14-8-16-26(36)20-24/h1-16,19-20,27-30,35-38H,17-18H2,(H,33,39)(H,34,40)/t27-,28-,29+,30+/m0/s1. The van der Waals surface area contributed by atoms with Crippen LogP contribution in [-0.4, -0.2) is 56.5 Å². The lowest BCUT2D eigenvalue weighted by molar-refractivity contribution is -0.0219. The maximum atomic E-state index is 13.1. The van der Waals surface area contributed by atoms with Gasteiger partial charge in [-0.2, -0.15) is 0 Å². The minimum absolute atomic E-state index is 0.0783. The molecule has 4 rings (SSSR count). The van der Waals surface area contributed by atoms with Crippen LogP contribution in [0.1, 0.15) is 31.8 Å². The van der Waals surface area contributed by atoms with Gasteiger partial charge in [0.05, 0.1) is 12.1 Å². The fraction of sp³-hybridized carbons (Fsp3) is 0.188. The molecule has 4 atom stereocenters. The molecule has 0 fully saturated rings. The van der Waals surface area contributed by atoms with Crippen LogP contribution in [0.25, 0.3) is 0 Å². The Morgan fingerprint density at radius 1 is 0.550 bits per heavy atom. The second kappa shape index (κ2) is 13.4. The van der Waals surface area contributed by atoms with Crippen molar-refractivity contribution >= 4 is 11.8 Å². The molecule has 206 valence electrons. The number of phenols is 2. The van der Waals surface area contributed by atoms with Crippen LogP contribution >= 0.6 is 0 Å². The molecule has 4 aromatic carbocycles. The third kappa shape index (κ3) is 7.69. The van der Waals surface area contributed by atoms with Gasteiger partial charge in [0.25, 0.3) is 11.8 Å². The molecule has 4 aromatic rings. The molecule has 40 heavy (non-hydrogen) atoms. The van der Waals surface area contributed by atoms with Gasteiger partial charge in [0.2, 0.25) is 0 Å². The summed E-state index contributed by atoms with van der Waals surface area (Å²) in [4.78, 5) is 26.1. The molecule has 2 amide bonds. The Kier molecular flexibility index (Phi) is 9.51. The van der Waals surface area contributed by atoms with E-state index < -0.39 is 36.1 Å². The zero-order valence-corrected chi connectivity index (χ0v) is 21.7. The number of aliphatic hydroxyl groups excluding tert-OH is 2. The van der Waals surface area contributed by atoms with Gasteiger partial charge in [0.1, 0.15) is 23.7 Å². The Balaban J connectivity index is 1.61. The van der Waals surface area contributed by atoms with Gasteiger partial charge < -0.3 is 31.1 Å². The van der Waals surface area contributed by atoms with Crippen molar-refractivity contribution < 1.29 is 30.0 Å². The lowest BCUT2D eigenvalue weighted by atomic mass is 9.90. The number of rotatable bonds is 11.